The number of thiophene rings is 1. The van der Waals surface area contributed by atoms with Crippen molar-refractivity contribution in [3.63, 3.8) is 0 Å². The molecule has 1 atom stereocenters. The first-order valence-electron chi connectivity index (χ1n) is 6.26. The Balaban J connectivity index is 2.07. The molecule has 2 nitrogen and oxygen atoms in total. The standard InChI is InChI=1S/C14H15F3N2S/c1-2-10-4-5-11(20-10)7-12(18)13-6-3-9(8-19-13)14(15,16)17/h3-6,8,12H,2,7,18H2,1H3. The predicted octanol–water partition coefficient (Wildman–Crippen LogP) is 3.97. The van der Waals surface area contributed by atoms with Crippen LogP contribution in [-0.4, -0.2) is 4.98 Å². The van der Waals surface area contributed by atoms with Gasteiger partial charge in [0.25, 0.3) is 0 Å². The summed E-state index contributed by atoms with van der Waals surface area (Å²) in [6, 6.07) is 6.04. The lowest BCUT2D eigenvalue weighted by Gasteiger charge is -2.11. The van der Waals surface area contributed by atoms with Crippen molar-refractivity contribution < 1.29 is 13.2 Å². The molecule has 0 fully saturated rings. The summed E-state index contributed by atoms with van der Waals surface area (Å²) in [5.74, 6) is 0. The molecule has 2 heterocycles. The van der Waals surface area contributed by atoms with Gasteiger partial charge < -0.3 is 5.73 Å². The molecule has 0 aliphatic heterocycles. The summed E-state index contributed by atoms with van der Waals surface area (Å²) in [6.45, 7) is 2.08. The van der Waals surface area contributed by atoms with Crippen molar-refractivity contribution >= 4 is 11.3 Å². The molecule has 0 aromatic carbocycles. The molecule has 0 saturated carbocycles. The van der Waals surface area contributed by atoms with E-state index in [-0.39, 0.29) is 6.04 Å². The zero-order valence-electron chi connectivity index (χ0n) is 10.9. The van der Waals surface area contributed by atoms with E-state index in [1.807, 2.05) is 12.1 Å². The van der Waals surface area contributed by atoms with Crippen molar-refractivity contribution in [1.82, 2.24) is 4.98 Å². The van der Waals surface area contributed by atoms with Crippen LogP contribution in [0.5, 0.6) is 0 Å². The first kappa shape index (κ1) is 15.0. The highest BCUT2D eigenvalue weighted by atomic mass is 32.1. The molecule has 2 rings (SSSR count). The third-order valence-electron chi connectivity index (χ3n) is 2.98. The minimum Gasteiger partial charge on any atom is -0.322 e. The molecule has 0 radical (unpaired) electrons. The highest BCUT2D eigenvalue weighted by molar-refractivity contribution is 7.11. The molecule has 1 unspecified atom stereocenters. The van der Waals surface area contributed by atoms with Crippen LogP contribution in [0.3, 0.4) is 0 Å². The number of hydrogen-bond donors (Lipinski definition) is 1. The average Bonchev–Trinajstić information content (AvgIpc) is 2.85. The van der Waals surface area contributed by atoms with Gasteiger partial charge in [0, 0.05) is 22.4 Å². The zero-order chi connectivity index (χ0) is 14.8. The topological polar surface area (TPSA) is 38.9 Å². The second-order valence-corrected chi connectivity index (χ2v) is 5.75. The van der Waals surface area contributed by atoms with E-state index < -0.39 is 11.7 Å². The Morgan fingerprint density at radius 2 is 1.90 bits per heavy atom. The van der Waals surface area contributed by atoms with Crippen molar-refractivity contribution in [2.24, 2.45) is 5.73 Å². The van der Waals surface area contributed by atoms with Gasteiger partial charge in [-0.05, 0) is 30.7 Å². The molecular weight excluding hydrogens is 285 g/mol. The van der Waals surface area contributed by atoms with Gasteiger partial charge in [0.1, 0.15) is 0 Å². The first-order chi connectivity index (χ1) is 9.40. The number of halogens is 3. The van der Waals surface area contributed by atoms with Crippen molar-refractivity contribution in [3.8, 4) is 0 Å². The Bertz CT molecular complexity index is 561. The normalized spacial score (nSPS) is 13.4. The molecule has 2 aromatic rings. The fraction of sp³-hybridized carbons (Fsp3) is 0.357. The van der Waals surface area contributed by atoms with Crippen LogP contribution in [0.1, 0.15) is 34.0 Å². The Labute approximate surface area is 119 Å². The van der Waals surface area contributed by atoms with Gasteiger partial charge in [-0.3, -0.25) is 4.98 Å². The Morgan fingerprint density at radius 3 is 2.40 bits per heavy atom. The summed E-state index contributed by atoms with van der Waals surface area (Å²) in [4.78, 5) is 6.22. The fourth-order valence-electron chi connectivity index (χ4n) is 1.84. The third-order valence-corrected chi connectivity index (χ3v) is 4.23. The maximum absolute atomic E-state index is 12.4. The summed E-state index contributed by atoms with van der Waals surface area (Å²) in [6.07, 6.45) is -1.97. The number of hydrogen-bond acceptors (Lipinski definition) is 3. The zero-order valence-corrected chi connectivity index (χ0v) is 11.8. The van der Waals surface area contributed by atoms with E-state index >= 15 is 0 Å². The fourth-order valence-corrected chi connectivity index (χ4v) is 2.85. The molecule has 2 N–H and O–H groups in total. The van der Waals surface area contributed by atoms with Crippen LogP contribution in [0.2, 0.25) is 0 Å². The lowest BCUT2D eigenvalue weighted by atomic mass is 10.1. The van der Waals surface area contributed by atoms with Crippen molar-refractivity contribution in [3.05, 3.63) is 51.5 Å². The van der Waals surface area contributed by atoms with Crippen molar-refractivity contribution in [1.29, 1.82) is 0 Å². The lowest BCUT2D eigenvalue weighted by Crippen LogP contribution is -2.15. The van der Waals surface area contributed by atoms with Crippen molar-refractivity contribution in [2.45, 2.75) is 32.0 Å². The van der Waals surface area contributed by atoms with E-state index in [0.29, 0.717) is 12.1 Å². The predicted molar refractivity (Wildman–Crippen MR) is 73.6 cm³/mol. The quantitative estimate of drug-likeness (QED) is 0.928. The van der Waals surface area contributed by atoms with Gasteiger partial charge in [-0.15, -0.1) is 11.3 Å². The molecule has 20 heavy (non-hydrogen) atoms. The number of rotatable bonds is 4. The molecule has 0 saturated heterocycles. The van der Waals surface area contributed by atoms with Crippen LogP contribution in [0.4, 0.5) is 13.2 Å². The smallest absolute Gasteiger partial charge is 0.322 e. The van der Waals surface area contributed by atoms with Gasteiger partial charge in [0.2, 0.25) is 0 Å². The molecule has 0 bridgehead atoms. The highest BCUT2D eigenvalue weighted by Crippen LogP contribution is 2.29. The minimum atomic E-state index is -4.36. The largest absolute Gasteiger partial charge is 0.417 e. The average molecular weight is 300 g/mol. The van der Waals surface area contributed by atoms with E-state index in [2.05, 4.69) is 11.9 Å². The van der Waals surface area contributed by atoms with Crippen LogP contribution in [0.15, 0.2) is 30.5 Å². The summed E-state index contributed by atoms with van der Waals surface area (Å²) >= 11 is 1.68. The van der Waals surface area contributed by atoms with E-state index in [1.165, 1.54) is 10.9 Å². The van der Waals surface area contributed by atoms with Gasteiger partial charge in [0.05, 0.1) is 17.3 Å². The van der Waals surface area contributed by atoms with E-state index in [4.69, 9.17) is 5.73 Å². The molecule has 108 valence electrons. The number of alkyl halides is 3. The van der Waals surface area contributed by atoms with E-state index in [1.54, 1.807) is 11.3 Å². The van der Waals surface area contributed by atoms with Crippen LogP contribution in [0, 0.1) is 0 Å². The molecule has 0 spiro atoms. The molecule has 6 heteroatoms. The molecule has 2 aromatic heterocycles. The Kier molecular flexibility index (Phi) is 4.45. The number of aromatic nitrogens is 1. The molecule has 0 aliphatic rings. The monoisotopic (exact) mass is 300 g/mol. The van der Waals surface area contributed by atoms with Crippen LogP contribution in [0.25, 0.3) is 0 Å². The second kappa shape index (κ2) is 5.93. The van der Waals surface area contributed by atoms with Crippen molar-refractivity contribution in [2.75, 3.05) is 0 Å². The summed E-state index contributed by atoms with van der Waals surface area (Å²) in [7, 11) is 0. The van der Waals surface area contributed by atoms with Gasteiger partial charge in [-0.25, -0.2) is 0 Å². The summed E-state index contributed by atoms with van der Waals surface area (Å²) in [5.41, 5.74) is 5.72. The number of nitrogens with zero attached hydrogens (tertiary/aromatic N) is 1. The Hall–Kier alpha value is -1.40. The third kappa shape index (κ3) is 3.58. The minimum absolute atomic E-state index is 0.388. The lowest BCUT2D eigenvalue weighted by molar-refractivity contribution is -0.137. The second-order valence-electron chi connectivity index (χ2n) is 4.50. The first-order valence-corrected chi connectivity index (χ1v) is 7.08. The van der Waals surface area contributed by atoms with Gasteiger partial charge in [0.15, 0.2) is 0 Å². The molecular formula is C14H15F3N2S. The van der Waals surface area contributed by atoms with Crippen LogP contribution in [-0.2, 0) is 19.0 Å². The maximum Gasteiger partial charge on any atom is 0.417 e. The van der Waals surface area contributed by atoms with Crippen LogP contribution >= 0.6 is 11.3 Å². The van der Waals surface area contributed by atoms with E-state index in [0.717, 1.165) is 23.6 Å². The summed E-state index contributed by atoms with van der Waals surface area (Å²) < 4.78 is 37.3. The van der Waals surface area contributed by atoms with Gasteiger partial charge in [-0.1, -0.05) is 6.92 Å². The summed E-state index contributed by atoms with van der Waals surface area (Å²) in [5, 5.41) is 0. The Morgan fingerprint density at radius 1 is 1.20 bits per heavy atom. The maximum atomic E-state index is 12.4. The van der Waals surface area contributed by atoms with Gasteiger partial charge in [-0.2, -0.15) is 13.2 Å². The highest BCUT2D eigenvalue weighted by Gasteiger charge is 2.30. The van der Waals surface area contributed by atoms with Crippen LogP contribution < -0.4 is 5.73 Å². The van der Waals surface area contributed by atoms with E-state index in [9.17, 15) is 13.2 Å². The molecule has 0 aliphatic carbocycles. The SMILES string of the molecule is CCc1ccc(CC(N)c2ccc(C(F)(F)F)cn2)s1. The number of nitrogens with two attached hydrogens (primary N) is 1. The number of aryl methyl sites for hydroxylation is 1. The molecule has 0 amide bonds. The number of pyridine rings is 1. The van der Waals surface area contributed by atoms with Gasteiger partial charge >= 0.3 is 6.18 Å².